The lowest BCUT2D eigenvalue weighted by Crippen LogP contribution is -2.52. The van der Waals surface area contributed by atoms with E-state index < -0.39 is 0 Å². The summed E-state index contributed by atoms with van der Waals surface area (Å²) in [4.78, 5) is 28.4. The maximum atomic E-state index is 12.5. The van der Waals surface area contributed by atoms with Gasteiger partial charge in [-0.1, -0.05) is 6.92 Å². The fourth-order valence-electron chi connectivity index (χ4n) is 3.10. The molecule has 2 saturated heterocycles. The van der Waals surface area contributed by atoms with Gasteiger partial charge in [0.15, 0.2) is 0 Å². The second kappa shape index (κ2) is 7.64. The minimum atomic E-state index is -0.0852. The number of urea groups is 1. The topological polar surface area (TPSA) is 78.7 Å². The number of rotatable bonds is 3. The van der Waals surface area contributed by atoms with E-state index in [1.165, 1.54) is 0 Å². The molecule has 6 heteroatoms. The summed E-state index contributed by atoms with van der Waals surface area (Å²) in [5.74, 6) is 0.661. The Morgan fingerprint density at radius 1 is 1.14 bits per heavy atom. The Kier molecular flexibility index (Phi) is 5.85. The molecule has 0 saturated carbocycles. The Morgan fingerprint density at radius 3 is 2.52 bits per heavy atom. The summed E-state index contributed by atoms with van der Waals surface area (Å²) in [6.45, 7) is 6.20. The number of amides is 3. The molecule has 1 unspecified atom stereocenters. The van der Waals surface area contributed by atoms with E-state index in [1.54, 1.807) is 0 Å². The van der Waals surface area contributed by atoms with Gasteiger partial charge in [0.2, 0.25) is 5.91 Å². The van der Waals surface area contributed by atoms with Crippen molar-refractivity contribution in [1.82, 2.24) is 15.1 Å². The van der Waals surface area contributed by atoms with Gasteiger partial charge in [0.05, 0.1) is 5.92 Å². The fourth-order valence-corrected chi connectivity index (χ4v) is 3.10. The van der Waals surface area contributed by atoms with Crippen molar-refractivity contribution in [2.24, 2.45) is 17.6 Å². The number of hydrogen-bond acceptors (Lipinski definition) is 3. The van der Waals surface area contributed by atoms with Gasteiger partial charge >= 0.3 is 6.03 Å². The van der Waals surface area contributed by atoms with E-state index in [-0.39, 0.29) is 17.9 Å². The van der Waals surface area contributed by atoms with Crippen molar-refractivity contribution < 1.29 is 9.59 Å². The van der Waals surface area contributed by atoms with Gasteiger partial charge in [0, 0.05) is 39.3 Å². The molecule has 0 aliphatic carbocycles. The van der Waals surface area contributed by atoms with Gasteiger partial charge in [-0.3, -0.25) is 4.79 Å². The first-order valence-corrected chi connectivity index (χ1v) is 8.13. The van der Waals surface area contributed by atoms with E-state index in [2.05, 4.69) is 12.2 Å². The van der Waals surface area contributed by atoms with E-state index in [4.69, 9.17) is 5.73 Å². The van der Waals surface area contributed by atoms with E-state index in [1.807, 2.05) is 9.80 Å². The molecule has 3 N–H and O–H groups in total. The summed E-state index contributed by atoms with van der Waals surface area (Å²) in [7, 11) is 0. The van der Waals surface area contributed by atoms with Crippen molar-refractivity contribution in [2.45, 2.75) is 32.6 Å². The zero-order valence-corrected chi connectivity index (χ0v) is 13.0. The molecule has 0 aromatic carbocycles. The highest BCUT2D eigenvalue weighted by atomic mass is 16.2. The third kappa shape index (κ3) is 4.33. The lowest BCUT2D eigenvalue weighted by molar-refractivity contribution is -0.126. The van der Waals surface area contributed by atoms with Crippen molar-refractivity contribution in [3.63, 3.8) is 0 Å². The van der Waals surface area contributed by atoms with Crippen LogP contribution >= 0.6 is 0 Å². The van der Waals surface area contributed by atoms with Gasteiger partial charge in [-0.2, -0.15) is 0 Å². The highest BCUT2D eigenvalue weighted by Crippen LogP contribution is 2.21. The standard InChI is InChI=1S/C15H28N4O2/c1-12-4-9-18(10-5-12)15(21)19-8-2-3-13(11-19)14(20)17-7-6-16/h12-13H,2-11,16H2,1H3,(H,17,20). The first-order valence-electron chi connectivity index (χ1n) is 8.13. The molecule has 0 aromatic heterocycles. The second-order valence-electron chi connectivity index (χ2n) is 6.32. The van der Waals surface area contributed by atoms with E-state index >= 15 is 0 Å². The van der Waals surface area contributed by atoms with Crippen LogP contribution in [-0.2, 0) is 4.79 Å². The Balaban J connectivity index is 1.85. The summed E-state index contributed by atoms with van der Waals surface area (Å²) in [6.07, 6.45) is 3.92. The van der Waals surface area contributed by atoms with E-state index in [9.17, 15) is 9.59 Å². The second-order valence-corrected chi connectivity index (χ2v) is 6.32. The van der Waals surface area contributed by atoms with E-state index in [0.29, 0.717) is 25.6 Å². The molecule has 2 aliphatic rings. The number of nitrogens with zero attached hydrogens (tertiary/aromatic N) is 2. The lowest BCUT2D eigenvalue weighted by Gasteiger charge is -2.38. The van der Waals surface area contributed by atoms with Crippen LogP contribution in [-0.4, -0.2) is 61.0 Å². The molecular weight excluding hydrogens is 268 g/mol. The van der Waals surface area contributed by atoms with Crippen LogP contribution in [0.2, 0.25) is 0 Å². The van der Waals surface area contributed by atoms with Crippen LogP contribution in [0.25, 0.3) is 0 Å². The number of nitrogens with two attached hydrogens (primary N) is 1. The molecule has 1 atom stereocenters. The molecule has 0 spiro atoms. The Labute approximate surface area is 127 Å². The van der Waals surface area contributed by atoms with Crippen LogP contribution in [0.4, 0.5) is 4.79 Å². The Hall–Kier alpha value is -1.30. The third-order valence-electron chi connectivity index (χ3n) is 4.56. The smallest absolute Gasteiger partial charge is 0.320 e. The summed E-state index contributed by atoms with van der Waals surface area (Å²) < 4.78 is 0. The highest BCUT2D eigenvalue weighted by molar-refractivity contribution is 5.80. The molecule has 0 radical (unpaired) electrons. The largest absolute Gasteiger partial charge is 0.355 e. The van der Waals surface area contributed by atoms with Crippen LogP contribution in [0.1, 0.15) is 32.6 Å². The fraction of sp³-hybridized carbons (Fsp3) is 0.867. The number of nitrogens with one attached hydrogen (secondary N) is 1. The highest BCUT2D eigenvalue weighted by Gasteiger charge is 2.31. The molecule has 2 fully saturated rings. The van der Waals surface area contributed by atoms with Crippen molar-refractivity contribution >= 4 is 11.9 Å². The van der Waals surface area contributed by atoms with Crippen LogP contribution in [0.15, 0.2) is 0 Å². The Bertz CT molecular complexity index is 367. The quantitative estimate of drug-likeness (QED) is 0.801. The van der Waals surface area contributed by atoms with Gasteiger partial charge in [-0.05, 0) is 31.6 Å². The Morgan fingerprint density at radius 2 is 1.86 bits per heavy atom. The zero-order valence-electron chi connectivity index (χ0n) is 13.0. The minimum absolute atomic E-state index is 0.0326. The molecule has 6 nitrogen and oxygen atoms in total. The van der Waals surface area contributed by atoms with Crippen molar-refractivity contribution in [1.29, 1.82) is 0 Å². The minimum Gasteiger partial charge on any atom is -0.355 e. The van der Waals surface area contributed by atoms with Crippen molar-refractivity contribution in [3.8, 4) is 0 Å². The molecule has 120 valence electrons. The summed E-state index contributed by atoms with van der Waals surface area (Å²) in [5.41, 5.74) is 5.40. The molecule has 2 aliphatic heterocycles. The molecule has 3 amide bonds. The summed E-state index contributed by atoms with van der Waals surface area (Å²) >= 11 is 0. The SMILES string of the molecule is CC1CCN(C(=O)N2CCCC(C(=O)NCCN)C2)CC1. The maximum absolute atomic E-state index is 12.5. The summed E-state index contributed by atoms with van der Waals surface area (Å²) in [5, 5.41) is 2.83. The van der Waals surface area contributed by atoms with Crippen LogP contribution in [0.3, 0.4) is 0 Å². The van der Waals surface area contributed by atoms with Crippen molar-refractivity contribution in [2.75, 3.05) is 39.3 Å². The van der Waals surface area contributed by atoms with Crippen LogP contribution < -0.4 is 11.1 Å². The molecule has 0 bridgehead atoms. The molecule has 21 heavy (non-hydrogen) atoms. The van der Waals surface area contributed by atoms with Gasteiger partial charge < -0.3 is 20.9 Å². The van der Waals surface area contributed by atoms with E-state index in [0.717, 1.165) is 45.3 Å². The molecule has 2 rings (SSSR count). The average molecular weight is 296 g/mol. The number of hydrogen-bond donors (Lipinski definition) is 2. The number of carbonyl (C=O) groups excluding carboxylic acids is 2. The first-order chi connectivity index (χ1) is 10.1. The molecule has 2 heterocycles. The summed E-state index contributed by atoms with van der Waals surface area (Å²) in [6, 6.07) is 0.109. The lowest BCUT2D eigenvalue weighted by atomic mass is 9.96. The molecular formula is C15H28N4O2. The zero-order chi connectivity index (χ0) is 15.2. The number of likely N-dealkylation sites (tertiary alicyclic amines) is 2. The number of piperidine rings is 2. The monoisotopic (exact) mass is 296 g/mol. The predicted octanol–water partition coefficient (Wildman–Crippen LogP) is 0.625. The van der Waals surface area contributed by atoms with Crippen LogP contribution in [0, 0.1) is 11.8 Å². The average Bonchev–Trinajstić information content (AvgIpc) is 2.52. The van der Waals surface area contributed by atoms with Gasteiger partial charge in [-0.15, -0.1) is 0 Å². The van der Waals surface area contributed by atoms with Gasteiger partial charge in [0.25, 0.3) is 0 Å². The third-order valence-corrected chi connectivity index (χ3v) is 4.56. The predicted molar refractivity (Wildman–Crippen MR) is 81.7 cm³/mol. The number of carbonyl (C=O) groups is 2. The first kappa shape index (κ1) is 16.1. The van der Waals surface area contributed by atoms with Gasteiger partial charge in [-0.25, -0.2) is 4.79 Å². The van der Waals surface area contributed by atoms with Crippen molar-refractivity contribution in [3.05, 3.63) is 0 Å². The van der Waals surface area contributed by atoms with Gasteiger partial charge in [0.1, 0.15) is 0 Å². The molecule has 0 aromatic rings. The normalized spacial score (nSPS) is 24.0. The maximum Gasteiger partial charge on any atom is 0.320 e. The van der Waals surface area contributed by atoms with Crippen LogP contribution in [0.5, 0.6) is 0 Å².